The Morgan fingerprint density at radius 1 is 1.28 bits per heavy atom. The van der Waals surface area contributed by atoms with Crippen molar-refractivity contribution in [2.45, 2.75) is 12.2 Å². The summed E-state index contributed by atoms with van der Waals surface area (Å²) in [4.78, 5) is 10.2. The summed E-state index contributed by atoms with van der Waals surface area (Å²) < 4.78 is 51.3. The molecule has 0 aliphatic carbocycles. The molecule has 0 amide bonds. The van der Waals surface area contributed by atoms with Gasteiger partial charge in [0.05, 0.1) is 12.2 Å². The zero-order valence-corrected chi connectivity index (χ0v) is 10.0. The molecule has 0 saturated carbocycles. The number of carbonyl (C=O) groups is 1. The number of carboxylic acids is 1. The predicted molar refractivity (Wildman–Crippen MR) is 59.2 cm³/mol. The molecule has 1 rings (SSSR count). The molecule has 0 unspecified atom stereocenters. The van der Waals surface area contributed by atoms with Crippen LogP contribution < -0.4 is 4.72 Å². The topological polar surface area (TPSA) is 83.5 Å². The normalized spacial score (nSPS) is 11.4. The molecule has 0 bridgehead atoms. The van der Waals surface area contributed by atoms with Gasteiger partial charge in [0.25, 0.3) is 0 Å². The van der Waals surface area contributed by atoms with E-state index >= 15 is 0 Å². The molecule has 0 aliphatic heterocycles. The summed E-state index contributed by atoms with van der Waals surface area (Å²) in [5.41, 5.74) is -0.569. The summed E-state index contributed by atoms with van der Waals surface area (Å²) >= 11 is 0. The van der Waals surface area contributed by atoms with Crippen LogP contribution in [0.1, 0.15) is 12.0 Å². The first kappa shape index (κ1) is 14.5. The van der Waals surface area contributed by atoms with Gasteiger partial charge in [0.1, 0.15) is 11.6 Å². The minimum Gasteiger partial charge on any atom is -0.481 e. The van der Waals surface area contributed by atoms with Crippen LogP contribution in [0.5, 0.6) is 0 Å². The maximum Gasteiger partial charge on any atom is 0.304 e. The van der Waals surface area contributed by atoms with Crippen LogP contribution in [0.4, 0.5) is 8.78 Å². The first-order valence-corrected chi connectivity index (χ1v) is 6.59. The molecule has 0 saturated heterocycles. The van der Waals surface area contributed by atoms with Crippen LogP contribution in [0.3, 0.4) is 0 Å². The summed E-state index contributed by atoms with van der Waals surface area (Å²) in [7, 11) is -3.97. The van der Waals surface area contributed by atoms with Crippen molar-refractivity contribution in [2.75, 3.05) is 6.54 Å². The van der Waals surface area contributed by atoms with Gasteiger partial charge >= 0.3 is 5.97 Å². The Kier molecular flexibility index (Phi) is 4.74. The minimum absolute atomic E-state index is 0.326. The minimum atomic E-state index is -3.97. The first-order chi connectivity index (χ1) is 8.32. The van der Waals surface area contributed by atoms with Gasteiger partial charge in [0.15, 0.2) is 0 Å². The van der Waals surface area contributed by atoms with Crippen LogP contribution in [-0.4, -0.2) is 26.0 Å². The lowest BCUT2D eigenvalue weighted by Gasteiger charge is -2.07. The Bertz CT molecular complexity index is 525. The fourth-order valence-corrected chi connectivity index (χ4v) is 2.40. The quantitative estimate of drug-likeness (QED) is 0.809. The van der Waals surface area contributed by atoms with Crippen molar-refractivity contribution >= 4 is 16.0 Å². The molecule has 0 heterocycles. The van der Waals surface area contributed by atoms with Gasteiger partial charge < -0.3 is 5.11 Å². The van der Waals surface area contributed by atoms with Crippen LogP contribution >= 0.6 is 0 Å². The van der Waals surface area contributed by atoms with E-state index in [2.05, 4.69) is 0 Å². The van der Waals surface area contributed by atoms with Gasteiger partial charge in [-0.2, -0.15) is 0 Å². The van der Waals surface area contributed by atoms with E-state index in [-0.39, 0.29) is 6.54 Å². The van der Waals surface area contributed by atoms with Crippen molar-refractivity contribution in [2.24, 2.45) is 0 Å². The van der Waals surface area contributed by atoms with Crippen molar-refractivity contribution in [1.82, 2.24) is 4.72 Å². The number of hydrogen-bond acceptors (Lipinski definition) is 3. The number of halogens is 2. The number of nitrogens with one attached hydrogen (secondary N) is 1. The van der Waals surface area contributed by atoms with Crippen LogP contribution in [0.15, 0.2) is 18.2 Å². The number of aliphatic carboxylic acids is 1. The van der Waals surface area contributed by atoms with E-state index in [0.29, 0.717) is 0 Å². The lowest BCUT2D eigenvalue weighted by Crippen LogP contribution is -2.28. The van der Waals surface area contributed by atoms with E-state index in [0.717, 1.165) is 18.2 Å². The predicted octanol–water partition coefficient (Wildman–Crippen LogP) is 0.859. The van der Waals surface area contributed by atoms with Crippen LogP contribution in [0.25, 0.3) is 0 Å². The maximum absolute atomic E-state index is 13.2. The van der Waals surface area contributed by atoms with Gasteiger partial charge in [0.2, 0.25) is 10.0 Å². The second kappa shape index (κ2) is 5.87. The molecule has 1 aromatic rings. The maximum atomic E-state index is 13.2. The number of rotatable bonds is 6. The molecular weight excluding hydrogens is 268 g/mol. The molecule has 2 N–H and O–H groups in total. The summed E-state index contributed by atoms with van der Waals surface area (Å²) in [5, 5.41) is 8.33. The number of hydrogen-bond donors (Lipinski definition) is 2. The van der Waals surface area contributed by atoms with Crippen molar-refractivity contribution < 1.29 is 27.1 Å². The Morgan fingerprint density at radius 3 is 2.33 bits per heavy atom. The van der Waals surface area contributed by atoms with Gasteiger partial charge in [-0.25, -0.2) is 21.9 Å². The van der Waals surface area contributed by atoms with Crippen molar-refractivity contribution in [3.8, 4) is 0 Å². The zero-order chi connectivity index (χ0) is 13.8. The average Bonchev–Trinajstić information content (AvgIpc) is 2.23. The average molecular weight is 279 g/mol. The van der Waals surface area contributed by atoms with E-state index in [4.69, 9.17) is 5.11 Å². The van der Waals surface area contributed by atoms with E-state index in [9.17, 15) is 22.0 Å². The molecule has 0 radical (unpaired) electrons. The summed E-state index contributed by atoms with van der Waals surface area (Å²) in [6, 6.07) is 3.02. The molecule has 0 aliphatic rings. The molecule has 0 atom stereocenters. The fraction of sp³-hybridized carbons (Fsp3) is 0.300. The van der Waals surface area contributed by atoms with Gasteiger partial charge in [-0.05, 0) is 12.1 Å². The first-order valence-electron chi connectivity index (χ1n) is 4.94. The van der Waals surface area contributed by atoms with E-state index in [1.54, 1.807) is 0 Å². The summed E-state index contributed by atoms with van der Waals surface area (Å²) in [5.74, 6) is -3.96. The van der Waals surface area contributed by atoms with E-state index < -0.39 is 45.4 Å². The Balaban J connectivity index is 2.74. The fourth-order valence-electron chi connectivity index (χ4n) is 1.22. The zero-order valence-electron chi connectivity index (χ0n) is 9.19. The molecule has 5 nitrogen and oxygen atoms in total. The lowest BCUT2D eigenvalue weighted by atomic mass is 10.2. The Morgan fingerprint density at radius 2 is 1.83 bits per heavy atom. The van der Waals surface area contributed by atoms with Crippen LogP contribution in [0.2, 0.25) is 0 Å². The largest absolute Gasteiger partial charge is 0.481 e. The lowest BCUT2D eigenvalue weighted by molar-refractivity contribution is -0.136. The third-order valence-electron chi connectivity index (χ3n) is 2.06. The standard InChI is InChI=1S/C10H11F2NO4S/c11-8-2-1-3-9(12)7(8)6-18(16,17)13-5-4-10(14)15/h1-3,13H,4-6H2,(H,14,15). The molecule has 100 valence electrons. The van der Waals surface area contributed by atoms with Gasteiger partial charge in [-0.3, -0.25) is 4.79 Å². The highest BCUT2D eigenvalue weighted by molar-refractivity contribution is 7.88. The third kappa shape index (κ3) is 4.38. The Labute approximate surface area is 102 Å². The smallest absolute Gasteiger partial charge is 0.304 e. The second-order valence-corrected chi connectivity index (χ2v) is 5.30. The van der Waals surface area contributed by atoms with Gasteiger partial charge in [-0.1, -0.05) is 6.07 Å². The van der Waals surface area contributed by atoms with E-state index in [1.807, 2.05) is 4.72 Å². The number of benzene rings is 1. The third-order valence-corrected chi connectivity index (χ3v) is 3.37. The molecule has 18 heavy (non-hydrogen) atoms. The van der Waals surface area contributed by atoms with Crippen LogP contribution in [-0.2, 0) is 20.6 Å². The van der Waals surface area contributed by atoms with Crippen LogP contribution in [0, 0.1) is 11.6 Å². The number of sulfonamides is 1. The summed E-state index contributed by atoms with van der Waals surface area (Å²) in [6.07, 6.45) is -0.404. The highest BCUT2D eigenvalue weighted by atomic mass is 32.2. The van der Waals surface area contributed by atoms with Crippen molar-refractivity contribution in [3.63, 3.8) is 0 Å². The second-order valence-electron chi connectivity index (χ2n) is 3.50. The van der Waals surface area contributed by atoms with Crippen molar-refractivity contribution in [3.05, 3.63) is 35.4 Å². The molecule has 0 fully saturated rings. The molecule has 1 aromatic carbocycles. The highest BCUT2D eigenvalue weighted by Gasteiger charge is 2.18. The molecule has 0 spiro atoms. The Hall–Kier alpha value is -1.54. The SMILES string of the molecule is O=C(O)CCNS(=O)(=O)Cc1c(F)cccc1F. The molecular formula is C10H11F2NO4S. The number of carboxylic acid groups (broad SMARTS) is 1. The van der Waals surface area contributed by atoms with Crippen molar-refractivity contribution in [1.29, 1.82) is 0 Å². The summed E-state index contributed by atoms with van der Waals surface area (Å²) in [6.45, 7) is -0.326. The highest BCUT2D eigenvalue weighted by Crippen LogP contribution is 2.14. The van der Waals surface area contributed by atoms with E-state index in [1.165, 1.54) is 0 Å². The molecule has 8 heteroatoms. The van der Waals surface area contributed by atoms with Gasteiger partial charge in [0, 0.05) is 12.1 Å². The molecule has 0 aromatic heterocycles. The van der Waals surface area contributed by atoms with Gasteiger partial charge in [-0.15, -0.1) is 0 Å². The monoisotopic (exact) mass is 279 g/mol.